The van der Waals surface area contributed by atoms with Crippen LogP contribution in [0, 0.1) is 5.92 Å². The van der Waals surface area contributed by atoms with Gasteiger partial charge in [-0.25, -0.2) is 18.2 Å². The molecule has 0 aliphatic heterocycles. The molecule has 0 radical (unpaired) electrons. The molecule has 0 fully saturated rings. The lowest BCUT2D eigenvalue weighted by Gasteiger charge is -2.30. The summed E-state index contributed by atoms with van der Waals surface area (Å²) >= 11 is 0. The summed E-state index contributed by atoms with van der Waals surface area (Å²) in [5, 5.41) is 25.2. The van der Waals surface area contributed by atoms with Crippen LogP contribution in [0.15, 0.2) is 65.7 Å². The topological polar surface area (TPSA) is 165 Å². The molecule has 0 aliphatic rings. The molecule has 2 atom stereocenters. The highest BCUT2D eigenvalue weighted by atomic mass is 32.2. The van der Waals surface area contributed by atoms with E-state index in [2.05, 4.69) is 20.6 Å². The van der Waals surface area contributed by atoms with Gasteiger partial charge in [0.1, 0.15) is 0 Å². The number of carbonyl (C=O) groups is 2. The fraction of sp³-hybridized carbons (Fsp3) is 0.346. The number of nitrogens with zero attached hydrogens (tertiary/aromatic N) is 2. The Hall–Kier alpha value is -3.74. The number of H-pyrrole nitrogens is 1. The minimum absolute atomic E-state index is 0.0255. The van der Waals surface area contributed by atoms with Crippen LogP contribution in [0.4, 0.5) is 10.7 Å². The van der Waals surface area contributed by atoms with Crippen molar-refractivity contribution in [3.63, 3.8) is 0 Å². The van der Waals surface area contributed by atoms with Gasteiger partial charge in [-0.3, -0.25) is 10.1 Å². The van der Waals surface area contributed by atoms with Gasteiger partial charge < -0.3 is 20.5 Å². The third-order valence-corrected chi connectivity index (χ3v) is 7.54. The number of imidazole rings is 1. The molecule has 2 aromatic carbocycles. The number of aromatic amines is 1. The van der Waals surface area contributed by atoms with Crippen molar-refractivity contribution >= 4 is 28.0 Å². The Kier molecular flexibility index (Phi) is 9.61. The first-order valence-corrected chi connectivity index (χ1v) is 13.5. The fourth-order valence-corrected chi connectivity index (χ4v) is 5.59. The number of sulfonamides is 1. The third kappa shape index (κ3) is 7.88. The molecule has 38 heavy (non-hydrogen) atoms. The Balaban J connectivity index is 1.82. The lowest BCUT2D eigenvalue weighted by Crippen LogP contribution is -2.50. The molecule has 11 nitrogen and oxygen atoms in total. The van der Waals surface area contributed by atoms with E-state index in [1.54, 1.807) is 18.3 Å². The van der Waals surface area contributed by atoms with Crippen molar-refractivity contribution in [2.75, 3.05) is 18.4 Å². The number of carboxylic acid groups (broad SMARTS) is 1. The summed E-state index contributed by atoms with van der Waals surface area (Å²) in [5.41, 5.74) is 1.97. The molecular formula is C26H33N5O6S. The van der Waals surface area contributed by atoms with Crippen LogP contribution >= 0.6 is 0 Å². The molecule has 2 amide bonds. The number of carbonyl (C=O) groups excluding carboxylic acids is 1. The van der Waals surface area contributed by atoms with Crippen molar-refractivity contribution in [1.82, 2.24) is 19.6 Å². The predicted octanol–water partition coefficient (Wildman–Crippen LogP) is 2.92. The quantitative estimate of drug-likeness (QED) is 0.234. The van der Waals surface area contributed by atoms with Gasteiger partial charge in [0.25, 0.3) is 0 Å². The smallest absolute Gasteiger partial charge is 0.404 e. The molecule has 0 aliphatic carbocycles. The van der Waals surface area contributed by atoms with Crippen molar-refractivity contribution in [3.8, 4) is 11.3 Å². The van der Waals surface area contributed by atoms with Crippen molar-refractivity contribution in [1.29, 1.82) is 0 Å². The summed E-state index contributed by atoms with van der Waals surface area (Å²) < 4.78 is 28.4. The lowest BCUT2D eigenvalue weighted by molar-refractivity contribution is -0.114. The normalized spacial score (nSPS) is 13.3. The zero-order chi connectivity index (χ0) is 27.9. The van der Waals surface area contributed by atoms with Crippen LogP contribution in [0.3, 0.4) is 0 Å². The molecule has 0 saturated carbocycles. The van der Waals surface area contributed by atoms with Crippen LogP contribution in [0.2, 0.25) is 0 Å². The van der Waals surface area contributed by atoms with Crippen LogP contribution in [0.1, 0.15) is 26.3 Å². The second kappa shape index (κ2) is 12.7. The highest BCUT2D eigenvalue weighted by Crippen LogP contribution is 2.24. The van der Waals surface area contributed by atoms with Gasteiger partial charge in [-0.2, -0.15) is 4.31 Å². The summed E-state index contributed by atoms with van der Waals surface area (Å²) in [6, 6.07) is 14.3. The van der Waals surface area contributed by atoms with Crippen LogP contribution < -0.4 is 10.6 Å². The minimum Gasteiger partial charge on any atom is -0.465 e. The van der Waals surface area contributed by atoms with Gasteiger partial charge in [-0.1, -0.05) is 56.3 Å². The van der Waals surface area contributed by atoms with Crippen LogP contribution in [0.5, 0.6) is 0 Å². The summed E-state index contributed by atoms with van der Waals surface area (Å²) in [5.74, 6) is -0.0434. The number of benzene rings is 2. The number of hydrogen-bond donors (Lipinski definition) is 5. The van der Waals surface area contributed by atoms with Crippen LogP contribution in [0.25, 0.3) is 11.3 Å². The van der Waals surface area contributed by atoms with Gasteiger partial charge in [0.05, 0.1) is 22.7 Å². The lowest BCUT2D eigenvalue weighted by atomic mass is 10.0. The maximum absolute atomic E-state index is 13.6. The number of amides is 2. The van der Waals surface area contributed by atoms with Crippen molar-refractivity contribution in [2.24, 2.45) is 5.92 Å². The van der Waals surface area contributed by atoms with E-state index in [0.717, 1.165) is 5.56 Å². The van der Waals surface area contributed by atoms with E-state index in [-0.39, 0.29) is 42.2 Å². The standard InChI is InChI=1S/C26H33N5O6S/c1-17(2)15-31(16-24(33)22(30-26(34)35)13-19-7-5-4-6-8-19)38(36,37)21-11-9-20(10-12-21)23-14-27-25(29-23)28-18(3)32/h4-12,14,17,22,24,30,33H,13,15-16H2,1-3H3,(H,34,35)(H2,27,28,29,32)/t22-,24-/m0/s1. The number of nitrogens with one attached hydrogen (secondary N) is 3. The van der Waals surface area contributed by atoms with Crippen LogP contribution in [-0.2, 0) is 21.2 Å². The van der Waals surface area contributed by atoms with E-state index in [0.29, 0.717) is 11.3 Å². The SMILES string of the molecule is CC(=O)Nc1nc(-c2ccc(S(=O)(=O)N(CC(C)C)C[C@H](O)[C@H](Cc3ccccc3)NC(=O)O)cc2)c[nH]1. The maximum atomic E-state index is 13.6. The Bertz CT molecular complexity index is 1330. The molecule has 0 bridgehead atoms. The molecule has 0 saturated heterocycles. The van der Waals surface area contributed by atoms with E-state index in [4.69, 9.17) is 0 Å². The highest BCUT2D eigenvalue weighted by Gasteiger charge is 2.31. The molecule has 1 heterocycles. The van der Waals surface area contributed by atoms with Gasteiger partial charge in [-0.15, -0.1) is 0 Å². The Morgan fingerprint density at radius 2 is 1.71 bits per heavy atom. The zero-order valence-corrected chi connectivity index (χ0v) is 22.3. The van der Waals surface area contributed by atoms with Crippen molar-refractivity contribution < 1.29 is 28.2 Å². The van der Waals surface area contributed by atoms with E-state index in [1.807, 2.05) is 44.2 Å². The molecular weight excluding hydrogens is 510 g/mol. The molecule has 12 heteroatoms. The monoisotopic (exact) mass is 543 g/mol. The molecule has 1 aromatic heterocycles. The summed E-state index contributed by atoms with van der Waals surface area (Å²) in [6.07, 6.45) is -0.810. The van der Waals surface area contributed by atoms with E-state index >= 15 is 0 Å². The van der Waals surface area contributed by atoms with Crippen LogP contribution in [-0.4, -0.2) is 70.1 Å². The first kappa shape index (κ1) is 28.8. The third-order valence-electron chi connectivity index (χ3n) is 5.69. The summed E-state index contributed by atoms with van der Waals surface area (Å²) in [7, 11) is -4.02. The Morgan fingerprint density at radius 3 is 2.29 bits per heavy atom. The molecule has 0 spiro atoms. The first-order valence-electron chi connectivity index (χ1n) is 12.1. The average Bonchev–Trinajstić information content (AvgIpc) is 3.31. The van der Waals surface area contributed by atoms with E-state index in [9.17, 15) is 28.2 Å². The molecule has 5 N–H and O–H groups in total. The van der Waals surface area contributed by atoms with Gasteiger partial charge in [-0.05, 0) is 30.0 Å². The second-order valence-electron chi connectivity index (χ2n) is 9.37. The number of anilines is 1. The number of aliphatic hydroxyl groups excluding tert-OH is 1. The van der Waals surface area contributed by atoms with E-state index in [1.165, 1.54) is 23.4 Å². The van der Waals surface area contributed by atoms with Gasteiger partial charge >= 0.3 is 6.09 Å². The molecule has 204 valence electrons. The maximum Gasteiger partial charge on any atom is 0.404 e. The largest absolute Gasteiger partial charge is 0.465 e. The predicted molar refractivity (Wildman–Crippen MR) is 143 cm³/mol. The first-order chi connectivity index (χ1) is 18.0. The average molecular weight is 544 g/mol. The van der Waals surface area contributed by atoms with Gasteiger partial charge in [0, 0.05) is 31.8 Å². The zero-order valence-electron chi connectivity index (χ0n) is 21.5. The number of rotatable bonds is 12. The van der Waals surface area contributed by atoms with Gasteiger partial charge in [0.15, 0.2) is 0 Å². The summed E-state index contributed by atoms with van der Waals surface area (Å²) in [4.78, 5) is 29.8. The highest BCUT2D eigenvalue weighted by molar-refractivity contribution is 7.89. The Morgan fingerprint density at radius 1 is 1.05 bits per heavy atom. The summed E-state index contributed by atoms with van der Waals surface area (Å²) in [6.45, 7) is 4.92. The van der Waals surface area contributed by atoms with Gasteiger partial charge in [0.2, 0.25) is 21.9 Å². The minimum atomic E-state index is -4.02. The van der Waals surface area contributed by atoms with Crippen molar-refractivity contribution in [3.05, 3.63) is 66.4 Å². The number of aliphatic hydroxyl groups is 1. The molecule has 0 unspecified atom stereocenters. The molecule has 3 rings (SSSR count). The molecule has 3 aromatic rings. The van der Waals surface area contributed by atoms with E-state index < -0.39 is 28.3 Å². The Labute approximate surface area is 222 Å². The number of aromatic nitrogens is 2. The second-order valence-corrected chi connectivity index (χ2v) is 11.3. The fourth-order valence-electron chi connectivity index (χ4n) is 3.97. The number of hydrogen-bond acceptors (Lipinski definition) is 6. The van der Waals surface area contributed by atoms with Crippen molar-refractivity contribution in [2.45, 2.75) is 44.2 Å².